The zero-order valence-corrected chi connectivity index (χ0v) is 9.57. The molecule has 2 N–H and O–H groups in total. The van der Waals surface area contributed by atoms with E-state index in [0.717, 1.165) is 5.56 Å². The second-order valence-electron chi connectivity index (χ2n) is 3.55. The molecule has 0 bridgehead atoms. The molecule has 0 amide bonds. The van der Waals surface area contributed by atoms with Crippen LogP contribution >= 0.6 is 0 Å². The van der Waals surface area contributed by atoms with E-state index in [1.807, 2.05) is 19.1 Å². The molecule has 1 rings (SSSR count). The van der Waals surface area contributed by atoms with Crippen molar-refractivity contribution in [3.05, 3.63) is 35.4 Å². The Balaban J connectivity index is 2.87. The van der Waals surface area contributed by atoms with Gasteiger partial charge in [-0.1, -0.05) is 24.3 Å². The molecule has 0 aromatic heterocycles. The van der Waals surface area contributed by atoms with E-state index in [4.69, 9.17) is 15.2 Å². The maximum atomic E-state index is 5.45. The molecule has 15 heavy (non-hydrogen) atoms. The van der Waals surface area contributed by atoms with Gasteiger partial charge in [-0.3, -0.25) is 0 Å². The van der Waals surface area contributed by atoms with Crippen molar-refractivity contribution >= 4 is 0 Å². The van der Waals surface area contributed by atoms with E-state index < -0.39 is 0 Å². The van der Waals surface area contributed by atoms with Crippen molar-refractivity contribution in [3.8, 4) is 0 Å². The van der Waals surface area contributed by atoms with Crippen molar-refractivity contribution in [3.63, 3.8) is 0 Å². The van der Waals surface area contributed by atoms with Crippen molar-refractivity contribution in [2.75, 3.05) is 13.8 Å². The molecule has 0 spiro atoms. The molecule has 0 heterocycles. The number of rotatable bonds is 5. The summed E-state index contributed by atoms with van der Waals surface area (Å²) < 4.78 is 10.8. The van der Waals surface area contributed by atoms with Crippen LogP contribution in [0.3, 0.4) is 0 Å². The molecule has 0 radical (unpaired) electrons. The van der Waals surface area contributed by atoms with Gasteiger partial charge in [0.05, 0.1) is 12.8 Å². The molecule has 2 unspecified atom stereocenters. The van der Waals surface area contributed by atoms with Crippen LogP contribution in [-0.2, 0) is 9.47 Å². The first-order valence-corrected chi connectivity index (χ1v) is 5.10. The number of hydrogen-bond acceptors (Lipinski definition) is 3. The highest BCUT2D eigenvalue weighted by Gasteiger charge is 2.20. The predicted octanol–water partition coefficient (Wildman–Crippen LogP) is 2.00. The summed E-state index contributed by atoms with van der Waals surface area (Å²) in [5.41, 5.74) is 7.72. The summed E-state index contributed by atoms with van der Waals surface area (Å²) in [6.07, 6.45) is -0.101. The van der Waals surface area contributed by atoms with Crippen molar-refractivity contribution in [2.24, 2.45) is 5.73 Å². The third-order valence-electron chi connectivity index (χ3n) is 2.53. The molecule has 0 aliphatic carbocycles. The van der Waals surface area contributed by atoms with Crippen LogP contribution in [-0.4, -0.2) is 19.9 Å². The molecule has 0 fully saturated rings. The third-order valence-corrected chi connectivity index (χ3v) is 2.53. The maximum absolute atomic E-state index is 5.45. The third kappa shape index (κ3) is 3.02. The molecule has 3 nitrogen and oxygen atoms in total. The lowest BCUT2D eigenvalue weighted by atomic mass is 10.00. The lowest BCUT2D eigenvalue weighted by Crippen LogP contribution is -2.24. The smallest absolute Gasteiger partial charge is 0.108 e. The van der Waals surface area contributed by atoms with Crippen LogP contribution in [0.25, 0.3) is 0 Å². The summed E-state index contributed by atoms with van der Waals surface area (Å²) in [6.45, 7) is 4.25. The SMILES string of the molecule is COC(c1ccccc1C)C(C)OCN. The lowest BCUT2D eigenvalue weighted by Gasteiger charge is -2.24. The molecular weight excluding hydrogens is 190 g/mol. The van der Waals surface area contributed by atoms with Crippen LogP contribution in [0.15, 0.2) is 24.3 Å². The highest BCUT2D eigenvalue weighted by molar-refractivity contribution is 5.28. The summed E-state index contributed by atoms with van der Waals surface area (Å²) in [5, 5.41) is 0. The molecule has 0 aliphatic rings. The first-order valence-electron chi connectivity index (χ1n) is 5.10. The van der Waals surface area contributed by atoms with Gasteiger partial charge >= 0.3 is 0 Å². The van der Waals surface area contributed by atoms with E-state index in [1.165, 1.54) is 5.56 Å². The monoisotopic (exact) mass is 209 g/mol. The standard InChI is InChI=1S/C12H19NO2/c1-9-6-4-5-7-11(9)12(14-3)10(2)15-8-13/h4-7,10,12H,8,13H2,1-3H3. The van der Waals surface area contributed by atoms with Gasteiger partial charge < -0.3 is 15.2 Å². The number of nitrogens with two attached hydrogens (primary N) is 1. The number of aryl methyl sites for hydroxylation is 1. The van der Waals surface area contributed by atoms with Gasteiger partial charge in [0, 0.05) is 7.11 Å². The highest BCUT2D eigenvalue weighted by atomic mass is 16.5. The summed E-state index contributed by atoms with van der Waals surface area (Å²) in [5.74, 6) is 0. The minimum absolute atomic E-state index is 0.0406. The van der Waals surface area contributed by atoms with Gasteiger partial charge in [-0.2, -0.15) is 0 Å². The van der Waals surface area contributed by atoms with E-state index in [1.54, 1.807) is 7.11 Å². The van der Waals surface area contributed by atoms with Crippen LogP contribution in [0.4, 0.5) is 0 Å². The minimum atomic E-state index is -0.0604. The van der Waals surface area contributed by atoms with Gasteiger partial charge in [-0.15, -0.1) is 0 Å². The summed E-state index contributed by atoms with van der Waals surface area (Å²) >= 11 is 0. The number of methoxy groups -OCH3 is 1. The zero-order chi connectivity index (χ0) is 11.3. The van der Waals surface area contributed by atoms with Gasteiger partial charge in [-0.25, -0.2) is 0 Å². The minimum Gasteiger partial charge on any atom is -0.374 e. The van der Waals surface area contributed by atoms with Crippen LogP contribution < -0.4 is 5.73 Å². The molecule has 3 heteroatoms. The Morgan fingerprint density at radius 3 is 2.53 bits per heavy atom. The van der Waals surface area contributed by atoms with Crippen LogP contribution in [0, 0.1) is 6.92 Å². The van der Waals surface area contributed by atoms with E-state index in [0.29, 0.717) is 0 Å². The topological polar surface area (TPSA) is 44.5 Å². The Morgan fingerprint density at radius 2 is 2.00 bits per heavy atom. The Kier molecular flexibility index (Phi) is 4.75. The fraction of sp³-hybridized carbons (Fsp3) is 0.500. The Labute approximate surface area is 91.2 Å². The first kappa shape index (κ1) is 12.2. The highest BCUT2D eigenvalue weighted by Crippen LogP contribution is 2.25. The van der Waals surface area contributed by atoms with Gasteiger partial charge in [0.1, 0.15) is 6.10 Å². The van der Waals surface area contributed by atoms with Crippen molar-refractivity contribution in [1.29, 1.82) is 0 Å². The number of benzene rings is 1. The Hall–Kier alpha value is -0.900. The van der Waals surface area contributed by atoms with Crippen LogP contribution in [0.5, 0.6) is 0 Å². The maximum Gasteiger partial charge on any atom is 0.108 e. The molecule has 0 saturated heterocycles. The van der Waals surface area contributed by atoms with E-state index in [9.17, 15) is 0 Å². The van der Waals surface area contributed by atoms with Crippen molar-refractivity contribution < 1.29 is 9.47 Å². The quantitative estimate of drug-likeness (QED) is 0.754. The van der Waals surface area contributed by atoms with E-state index in [2.05, 4.69) is 19.1 Å². The molecule has 2 atom stereocenters. The molecule has 1 aromatic carbocycles. The zero-order valence-electron chi connectivity index (χ0n) is 9.57. The average Bonchev–Trinajstić information content (AvgIpc) is 2.22. The molecular formula is C12H19NO2. The molecule has 0 aliphatic heterocycles. The lowest BCUT2D eigenvalue weighted by molar-refractivity contribution is -0.0471. The largest absolute Gasteiger partial charge is 0.374 e. The molecule has 84 valence electrons. The van der Waals surface area contributed by atoms with E-state index in [-0.39, 0.29) is 18.9 Å². The second kappa shape index (κ2) is 5.85. The Bertz CT molecular complexity index is 301. The average molecular weight is 209 g/mol. The number of hydrogen-bond donors (Lipinski definition) is 1. The summed E-state index contributed by atoms with van der Waals surface area (Å²) in [7, 11) is 1.69. The van der Waals surface area contributed by atoms with Crippen LogP contribution in [0.2, 0.25) is 0 Å². The van der Waals surface area contributed by atoms with Gasteiger partial charge in [0.25, 0.3) is 0 Å². The second-order valence-corrected chi connectivity index (χ2v) is 3.55. The Morgan fingerprint density at radius 1 is 1.33 bits per heavy atom. The predicted molar refractivity (Wildman–Crippen MR) is 60.5 cm³/mol. The summed E-state index contributed by atoms with van der Waals surface area (Å²) in [4.78, 5) is 0. The van der Waals surface area contributed by atoms with Crippen molar-refractivity contribution in [1.82, 2.24) is 0 Å². The van der Waals surface area contributed by atoms with Crippen LogP contribution in [0.1, 0.15) is 24.2 Å². The molecule has 1 aromatic rings. The fourth-order valence-corrected chi connectivity index (χ4v) is 1.72. The fourth-order valence-electron chi connectivity index (χ4n) is 1.72. The first-order chi connectivity index (χ1) is 7.20. The van der Waals surface area contributed by atoms with Gasteiger partial charge in [0.15, 0.2) is 0 Å². The summed E-state index contributed by atoms with van der Waals surface area (Å²) in [6, 6.07) is 8.14. The van der Waals surface area contributed by atoms with Gasteiger partial charge in [0.2, 0.25) is 0 Å². The van der Waals surface area contributed by atoms with E-state index >= 15 is 0 Å². The normalized spacial score (nSPS) is 14.9. The number of ether oxygens (including phenoxy) is 2. The van der Waals surface area contributed by atoms with Crippen molar-refractivity contribution in [2.45, 2.75) is 26.1 Å². The van der Waals surface area contributed by atoms with Gasteiger partial charge in [-0.05, 0) is 25.0 Å². The molecule has 0 saturated carbocycles.